The summed E-state index contributed by atoms with van der Waals surface area (Å²) >= 11 is 0. The molecule has 1 saturated carbocycles. The molecule has 1 amide bonds. The summed E-state index contributed by atoms with van der Waals surface area (Å²) in [7, 11) is 0. The number of hydrogen-bond acceptors (Lipinski definition) is 4. The lowest BCUT2D eigenvalue weighted by molar-refractivity contribution is -0.122. The van der Waals surface area contributed by atoms with Crippen molar-refractivity contribution in [1.29, 1.82) is 0 Å². The molecule has 2 heterocycles. The van der Waals surface area contributed by atoms with Gasteiger partial charge in [0.25, 0.3) is 0 Å². The molecule has 0 aliphatic heterocycles. The molecule has 2 aromatic heterocycles. The van der Waals surface area contributed by atoms with E-state index in [1.807, 2.05) is 6.20 Å². The van der Waals surface area contributed by atoms with E-state index in [0.717, 1.165) is 12.1 Å². The van der Waals surface area contributed by atoms with E-state index >= 15 is 0 Å². The SMILES string of the molecule is O=C(CCNC(=O)[C@H]1C[C@@H]1c1c[nH]cn1)c1c[nH]cn1. The molecule has 0 radical (unpaired) electrons. The van der Waals surface area contributed by atoms with Crippen molar-refractivity contribution >= 4 is 11.7 Å². The van der Waals surface area contributed by atoms with Crippen molar-refractivity contribution in [3.8, 4) is 0 Å². The number of ketones is 1. The Morgan fingerprint density at radius 3 is 2.75 bits per heavy atom. The maximum atomic E-state index is 11.9. The van der Waals surface area contributed by atoms with Gasteiger partial charge in [0.1, 0.15) is 5.69 Å². The molecular weight excluding hydrogens is 258 g/mol. The van der Waals surface area contributed by atoms with Crippen molar-refractivity contribution in [1.82, 2.24) is 25.3 Å². The lowest BCUT2D eigenvalue weighted by Crippen LogP contribution is -2.27. The molecule has 20 heavy (non-hydrogen) atoms. The molecule has 3 rings (SSSR count). The van der Waals surface area contributed by atoms with E-state index in [1.165, 1.54) is 6.33 Å². The Bertz CT molecular complexity index is 590. The molecule has 0 bridgehead atoms. The average Bonchev–Trinajstić information content (AvgIpc) is 2.88. The first kappa shape index (κ1) is 12.6. The number of carbonyl (C=O) groups is 2. The summed E-state index contributed by atoms with van der Waals surface area (Å²) in [5, 5.41) is 2.79. The number of H-pyrrole nitrogens is 2. The van der Waals surface area contributed by atoms with Crippen molar-refractivity contribution in [3.05, 3.63) is 36.4 Å². The van der Waals surface area contributed by atoms with Crippen LogP contribution in [0.1, 0.15) is 34.9 Å². The largest absolute Gasteiger partial charge is 0.355 e. The fourth-order valence-electron chi connectivity index (χ4n) is 2.26. The summed E-state index contributed by atoms with van der Waals surface area (Å²) < 4.78 is 0. The first-order valence-electron chi connectivity index (χ1n) is 6.54. The van der Waals surface area contributed by atoms with Crippen LogP contribution in [0.2, 0.25) is 0 Å². The van der Waals surface area contributed by atoms with Crippen LogP contribution < -0.4 is 5.32 Å². The number of aromatic nitrogens is 4. The van der Waals surface area contributed by atoms with Crippen LogP contribution in [0.25, 0.3) is 0 Å². The number of nitrogens with zero attached hydrogens (tertiary/aromatic N) is 2. The molecule has 0 saturated heterocycles. The second-order valence-electron chi connectivity index (χ2n) is 4.86. The molecule has 1 aliphatic rings. The Kier molecular flexibility index (Phi) is 3.32. The number of carbonyl (C=O) groups excluding carboxylic acids is 2. The van der Waals surface area contributed by atoms with Gasteiger partial charge in [0.05, 0.1) is 18.3 Å². The normalized spacial score (nSPS) is 20.6. The van der Waals surface area contributed by atoms with Crippen molar-refractivity contribution < 1.29 is 9.59 Å². The summed E-state index contributed by atoms with van der Waals surface area (Å²) in [5.41, 5.74) is 1.33. The van der Waals surface area contributed by atoms with E-state index in [-0.39, 0.29) is 29.9 Å². The van der Waals surface area contributed by atoms with Gasteiger partial charge in [0.2, 0.25) is 5.91 Å². The Balaban J connectivity index is 1.41. The van der Waals surface area contributed by atoms with Crippen molar-refractivity contribution in [2.24, 2.45) is 5.92 Å². The summed E-state index contributed by atoms with van der Waals surface area (Å²) in [5.74, 6) is 0.112. The van der Waals surface area contributed by atoms with Crippen LogP contribution in [0.4, 0.5) is 0 Å². The summed E-state index contributed by atoms with van der Waals surface area (Å²) in [6.07, 6.45) is 7.54. The summed E-state index contributed by atoms with van der Waals surface area (Å²) in [4.78, 5) is 37.2. The van der Waals surface area contributed by atoms with Gasteiger partial charge in [-0.25, -0.2) is 9.97 Å². The van der Waals surface area contributed by atoms with Gasteiger partial charge < -0.3 is 15.3 Å². The molecular formula is C13H15N5O2. The maximum absolute atomic E-state index is 11.9. The summed E-state index contributed by atoms with van der Waals surface area (Å²) in [6.45, 7) is 0.342. The number of hydrogen-bond donors (Lipinski definition) is 3. The number of imidazole rings is 2. The Morgan fingerprint density at radius 2 is 2.05 bits per heavy atom. The molecule has 7 heteroatoms. The molecule has 0 spiro atoms. The average molecular weight is 273 g/mol. The third-order valence-corrected chi connectivity index (χ3v) is 3.46. The van der Waals surface area contributed by atoms with Crippen LogP contribution in [0, 0.1) is 5.92 Å². The zero-order valence-electron chi connectivity index (χ0n) is 10.8. The molecule has 0 unspecified atom stereocenters. The standard InChI is InChI=1S/C13H15N5O2/c19-12(11-5-15-7-18-11)1-2-16-13(20)9-3-8(9)10-4-14-6-17-10/h4-9H,1-3H2,(H,14,17)(H,15,18)(H,16,20)/t8-,9-/m0/s1. The van der Waals surface area contributed by atoms with Gasteiger partial charge in [-0.3, -0.25) is 9.59 Å². The Labute approximate surface area is 115 Å². The first-order valence-corrected chi connectivity index (χ1v) is 6.54. The highest BCUT2D eigenvalue weighted by atomic mass is 16.2. The van der Waals surface area contributed by atoms with Gasteiger partial charge >= 0.3 is 0 Å². The number of nitrogens with one attached hydrogen (secondary N) is 3. The van der Waals surface area contributed by atoms with Crippen molar-refractivity contribution in [2.75, 3.05) is 6.54 Å². The Morgan fingerprint density at radius 1 is 1.25 bits per heavy atom. The monoisotopic (exact) mass is 273 g/mol. The molecule has 0 aromatic carbocycles. The Hall–Kier alpha value is -2.44. The quantitative estimate of drug-likeness (QED) is 0.671. The highest BCUT2D eigenvalue weighted by Gasteiger charge is 2.44. The van der Waals surface area contributed by atoms with Crippen molar-refractivity contribution in [2.45, 2.75) is 18.8 Å². The van der Waals surface area contributed by atoms with Gasteiger partial charge in [-0.2, -0.15) is 0 Å². The van der Waals surface area contributed by atoms with E-state index in [4.69, 9.17) is 0 Å². The molecule has 7 nitrogen and oxygen atoms in total. The molecule has 2 atom stereocenters. The van der Waals surface area contributed by atoms with Gasteiger partial charge in [-0.1, -0.05) is 0 Å². The number of rotatable bonds is 6. The number of Topliss-reactive ketones (excluding diaryl/α,β-unsaturated/α-hetero) is 1. The third kappa shape index (κ3) is 2.61. The van der Waals surface area contributed by atoms with E-state index < -0.39 is 0 Å². The lowest BCUT2D eigenvalue weighted by atomic mass is 10.2. The van der Waals surface area contributed by atoms with Crippen LogP contribution >= 0.6 is 0 Å². The zero-order valence-corrected chi connectivity index (χ0v) is 10.8. The highest BCUT2D eigenvalue weighted by Crippen LogP contribution is 2.46. The van der Waals surface area contributed by atoms with E-state index in [0.29, 0.717) is 12.2 Å². The fraction of sp³-hybridized carbons (Fsp3) is 0.385. The van der Waals surface area contributed by atoms with Crippen molar-refractivity contribution in [3.63, 3.8) is 0 Å². The minimum Gasteiger partial charge on any atom is -0.355 e. The first-order chi connectivity index (χ1) is 9.75. The number of aromatic amines is 2. The molecule has 3 N–H and O–H groups in total. The third-order valence-electron chi connectivity index (χ3n) is 3.46. The predicted molar refractivity (Wildman–Crippen MR) is 70.0 cm³/mol. The van der Waals surface area contributed by atoms with Crippen LogP contribution in [0.15, 0.2) is 25.0 Å². The molecule has 1 fully saturated rings. The van der Waals surface area contributed by atoms with Gasteiger partial charge in [0.15, 0.2) is 5.78 Å². The van der Waals surface area contributed by atoms with Gasteiger partial charge in [0, 0.05) is 37.2 Å². The fourth-order valence-corrected chi connectivity index (χ4v) is 2.26. The molecule has 1 aliphatic carbocycles. The smallest absolute Gasteiger partial charge is 0.223 e. The maximum Gasteiger partial charge on any atom is 0.223 e. The van der Waals surface area contributed by atoms with E-state index in [2.05, 4.69) is 25.3 Å². The summed E-state index contributed by atoms with van der Waals surface area (Å²) in [6, 6.07) is 0. The minimum absolute atomic E-state index is 0.00664. The van der Waals surface area contributed by atoms with E-state index in [9.17, 15) is 9.59 Å². The lowest BCUT2D eigenvalue weighted by Gasteiger charge is -2.03. The second kappa shape index (κ2) is 5.28. The minimum atomic E-state index is -0.0776. The van der Waals surface area contributed by atoms with Crippen LogP contribution in [-0.4, -0.2) is 38.2 Å². The molecule has 2 aromatic rings. The van der Waals surface area contributed by atoms with Gasteiger partial charge in [-0.15, -0.1) is 0 Å². The molecule has 104 valence electrons. The van der Waals surface area contributed by atoms with Crippen LogP contribution in [-0.2, 0) is 4.79 Å². The van der Waals surface area contributed by atoms with Crippen LogP contribution in [0.5, 0.6) is 0 Å². The zero-order chi connectivity index (χ0) is 13.9. The van der Waals surface area contributed by atoms with Gasteiger partial charge in [-0.05, 0) is 6.42 Å². The highest BCUT2D eigenvalue weighted by molar-refractivity contribution is 5.94. The number of amides is 1. The second-order valence-corrected chi connectivity index (χ2v) is 4.86. The topological polar surface area (TPSA) is 104 Å². The van der Waals surface area contributed by atoms with E-state index in [1.54, 1.807) is 12.5 Å². The van der Waals surface area contributed by atoms with Crippen LogP contribution in [0.3, 0.4) is 0 Å². The predicted octanol–water partition coefficient (Wildman–Crippen LogP) is 0.625.